The van der Waals surface area contributed by atoms with E-state index in [2.05, 4.69) is 9.72 Å². The van der Waals surface area contributed by atoms with Crippen molar-refractivity contribution in [2.75, 3.05) is 25.1 Å². The number of morpholine rings is 1. The van der Waals surface area contributed by atoms with Crippen LogP contribution < -0.4 is 10.5 Å². The summed E-state index contributed by atoms with van der Waals surface area (Å²) in [5.74, 6) is -0.380. The molecule has 1 saturated heterocycles. The molecule has 3 rings (SSSR count). The monoisotopic (exact) mass is 368 g/mol. The molecule has 0 radical (unpaired) electrons. The lowest BCUT2D eigenvalue weighted by molar-refractivity contribution is -0.135. The average Bonchev–Trinajstić information content (AvgIpc) is 2.66. The van der Waals surface area contributed by atoms with Crippen LogP contribution >= 0.6 is 0 Å². The lowest BCUT2D eigenvalue weighted by Crippen LogP contribution is -2.46. The van der Waals surface area contributed by atoms with Gasteiger partial charge in [-0.2, -0.15) is 5.26 Å². The summed E-state index contributed by atoms with van der Waals surface area (Å²) in [6.07, 6.45) is 2.76. The fourth-order valence-electron chi connectivity index (χ4n) is 3.20. The summed E-state index contributed by atoms with van der Waals surface area (Å²) in [5, 5.41) is 9.30. The maximum absolute atomic E-state index is 13.1. The van der Waals surface area contributed by atoms with Crippen LogP contribution in [0.2, 0.25) is 0 Å². The van der Waals surface area contributed by atoms with Crippen LogP contribution in [0.4, 0.5) is 5.82 Å². The van der Waals surface area contributed by atoms with Crippen LogP contribution in [0.3, 0.4) is 0 Å². The smallest absolute Gasteiger partial charge is 0.348 e. The summed E-state index contributed by atoms with van der Waals surface area (Å²) in [5.41, 5.74) is 0.0295. The van der Waals surface area contributed by atoms with Gasteiger partial charge in [-0.1, -0.05) is 6.07 Å². The number of fused-ring (bicyclic) bond motifs is 1. The predicted molar refractivity (Wildman–Crippen MR) is 99.3 cm³/mol. The topological polar surface area (TPSA) is 96.9 Å². The minimum absolute atomic E-state index is 0.0438. The zero-order valence-corrected chi connectivity index (χ0v) is 15.4. The summed E-state index contributed by atoms with van der Waals surface area (Å²) in [6.45, 7) is 4.98. The molecule has 8 nitrogen and oxygen atoms in total. The summed E-state index contributed by atoms with van der Waals surface area (Å²) in [6, 6.07) is 7.03. The molecule has 0 amide bonds. The molecule has 1 aliphatic rings. The molecule has 3 heterocycles. The standard InChI is InChI=1S/C19H20N4O4/c1-12-10-22(11-13(2)27-12)17-15(8-14(9-20)19(25)26-3)18(24)23-7-5-4-6-16(23)21-17/h4-8,12-13H,10-11H2,1-3H3/b14-8-/t12-,13-/m0/s1. The Hall–Kier alpha value is -3.18. The van der Waals surface area contributed by atoms with Gasteiger partial charge in [0.2, 0.25) is 0 Å². The molecule has 2 atom stereocenters. The van der Waals surface area contributed by atoms with E-state index in [9.17, 15) is 14.9 Å². The normalized spacial score (nSPS) is 20.4. The number of esters is 1. The molecule has 2 aromatic heterocycles. The minimum Gasteiger partial charge on any atom is -0.465 e. The molecule has 0 unspecified atom stereocenters. The van der Waals surface area contributed by atoms with Crippen molar-refractivity contribution < 1.29 is 14.3 Å². The Morgan fingerprint density at radius 2 is 2.07 bits per heavy atom. The third kappa shape index (κ3) is 3.68. The molecule has 0 bridgehead atoms. The van der Waals surface area contributed by atoms with Gasteiger partial charge in [-0.05, 0) is 32.1 Å². The lowest BCUT2D eigenvalue weighted by atomic mass is 10.1. The zero-order valence-electron chi connectivity index (χ0n) is 15.4. The van der Waals surface area contributed by atoms with Crippen molar-refractivity contribution in [1.82, 2.24) is 9.38 Å². The van der Waals surface area contributed by atoms with Crippen LogP contribution in [0.1, 0.15) is 19.4 Å². The third-order valence-corrected chi connectivity index (χ3v) is 4.28. The second-order valence-corrected chi connectivity index (χ2v) is 6.41. The van der Waals surface area contributed by atoms with E-state index < -0.39 is 5.97 Å². The molecular weight excluding hydrogens is 348 g/mol. The van der Waals surface area contributed by atoms with Crippen LogP contribution in [0, 0.1) is 11.3 Å². The number of hydrogen-bond acceptors (Lipinski definition) is 7. The van der Waals surface area contributed by atoms with Gasteiger partial charge in [0.05, 0.1) is 24.9 Å². The largest absolute Gasteiger partial charge is 0.465 e. The van der Waals surface area contributed by atoms with Crippen LogP contribution in [-0.2, 0) is 14.3 Å². The second-order valence-electron chi connectivity index (χ2n) is 6.41. The van der Waals surface area contributed by atoms with Gasteiger partial charge in [0, 0.05) is 19.3 Å². The molecule has 0 saturated carbocycles. The molecule has 2 aromatic rings. The number of aromatic nitrogens is 2. The van der Waals surface area contributed by atoms with Gasteiger partial charge < -0.3 is 14.4 Å². The van der Waals surface area contributed by atoms with Gasteiger partial charge >= 0.3 is 5.97 Å². The molecule has 8 heteroatoms. The maximum atomic E-state index is 13.1. The highest BCUT2D eigenvalue weighted by molar-refractivity contribution is 5.98. The fraction of sp³-hybridized carbons (Fsp3) is 0.368. The Morgan fingerprint density at radius 1 is 1.37 bits per heavy atom. The summed E-state index contributed by atoms with van der Waals surface area (Å²) >= 11 is 0. The highest BCUT2D eigenvalue weighted by Gasteiger charge is 2.27. The van der Waals surface area contributed by atoms with E-state index in [0.717, 1.165) is 0 Å². The number of nitriles is 1. The van der Waals surface area contributed by atoms with E-state index in [1.807, 2.05) is 18.7 Å². The molecule has 27 heavy (non-hydrogen) atoms. The molecule has 0 aromatic carbocycles. The number of anilines is 1. The van der Waals surface area contributed by atoms with Crippen molar-refractivity contribution in [3.63, 3.8) is 0 Å². The van der Waals surface area contributed by atoms with Gasteiger partial charge in [0.1, 0.15) is 23.1 Å². The maximum Gasteiger partial charge on any atom is 0.348 e. The zero-order chi connectivity index (χ0) is 19.6. The van der Waals surface area contributed by atoms with Gasteiger partial charge in [0.15, 0.2) is 0 Å². The van der Waals surface area contributed by atoms with Gasteiger partial charge in [-0.15, -0.1) is 0 Å². The Bertz CT molecular complexity index is 995. The quantitative estimate of drug-likeness (QED) is 0.459. The number of carbonyl (C=O) groups is 1. The summed E-state index contributed by atoms with van der Waals surface area (Å²) in [4.78, 5) is 31.5. The first-order valence-electron chi connectivity index (χ1n) is 8.56. The number of methoxy groups -OCH3 is 1. The van der Waals surface area contributed by atoms with Crippen LogP contribution in [0.25, 0.3) is 11.7 Å². The van der Waals surface area contributed by atoms with Crippen molar-refractivity contribution in [3.05, 3.63) is 45.9 Å². The number of hydrogen-bond donors (Lipinski definition) is 0. The molecule has 1 aliphatic heterocycles. The van der Waals surface area contributed by atoms with Crippen molar-refractivity contribution in [2.24, 2.45) is 0 Å². The molecule has 1 fully saturated rings. The third-order valence-electron chi connectivity index (χ3n) is 4.28. The van der Waals surface area contributed by atoms with E-state index in [1.165, 1.54) is 17.6 Å². The van der Waals surface area contributed by atoms with Gasteiger partial charge in [-0.3, -0.25) is 9.20 Å². The summed E-state index contributed by atoms with van der Waals surface area (Å²) in [7, 11) is 1.19. The first-order chi connectivity index (χ1) is 12.9. The second kappa shape index (κ2) is 7.60. The molecule has 0 aliphatic carbocycles. The number of pyridine rings is 1. The number of rotatable bonds is 3. The number of ether oxygens (including phenoxy) is 2. The SMILES string of the molecule is COC(=O)/C(C#N)=C\c1c(N2C[C@H](C)O[C@@H](C)C2)nc2ccccn2c1=O. The van der Waals surface area contributed by atoms with Gasteiger partial charge in [-0.25, -0.2) is 9.78 Å². The Kier molecular flexibility index (Phi) is 5.23. The van der Waals surface area contributed by atoms with E-state index in [4.69, 9.17) is 4.74 Å². The van der Waals surface area contributed by atoms with Crippen molar-refractivity contribution in [3.8, 4) is 6.07 Å². The minimum atomic E-state index is -0.801. The Morgan fingerprint density at radius 3 is 2.70 bits per heavy atom. The van der Waals surface area contributed by atoms with Crippen LogP contribution in [0.15, 0.2) is 34.8 Å². The molecule has 140 valence electrons. The van der Waals surface area contributed by atoms with Gasteiger partial charge in [0.25, 0.3) is 5.56 Å². The molecule has 0 spiro atoms. The first-order valence-corrected chi connectivity index (χ1v) is 8.56. The molecular formula is C19H20N4O4. The fourth-order valence-corrected chi connectivity index (χ4v) is 3.20. The van der Waals surface area contributed by atoms with E-state index in [1.54, 1.807) is 30.5 Å². The van der Waals surface area contributed by atoms with Crippen LogP contribution in [-0.4, -0.2) is 47.8 Å². The highest BCUT2D eigenvalue weighted by atomic mass is 16.5. The number of carbonyl (C=O) groups excluding carboxylic acids is 1. The van der Waals surface area contributed by atoms with Crippen LogP contribution in [0.5, 0.6) is 0 Å². The first kappa shape index (κ1) is 18.6. The Balaban J connectivity index is 2.25. The number of nitrogens with zero attached hydrogens (tertiary/aromatic N) is 4. The highest BCUT2D eigenvalue weighted by Crippen LogP contribution is 2.23. The predicted octanol–water partition coefficient (Wildman–Crippen LogP) is 1.39. The summed E-state index contributed by atoms with van der Waals surface area (Å²) < 4.78 is 11.8. The lowest BCUT2D eigenvalue weighted by Gasteiger charge is -2.36. The van der Waals surface area contributed by atoms with Crippen molar-refractivity contribution in [1.29, 1.82) is 5.26 Å². The Labute approximate surface area is 156 Å². The average molecular weight is 368 g/mol. The van der Waals surface area contributed by atoms with E-state index >= 15 is 0 Å². The van der Waals surface area contributed by atoms with Crippen molar-refractivity contribution >= 4 is 23.5 Å². The van der Waals surface area contributed by atoms with E-state index in [0.29, 0.717) is 24.6 Å². The molecule has 0 N–H and O–H groups in total. The van der Waals surface area contributed by atoms with Crippen molar-refractivity contribution in [2.45, 2.75) is 26.1 Å². The van der Waals surface area contributed by atoms with E-state index in [-0.39, 0.29) is 28.9 Å².